The van der Waals surface area contributed by atoms with Crippen LogP contribution in [-0.2, 0) is 0 Å². The molecule has 0 N–H and O–H groups in total. The average molecular weight is 131 g/mol. The van der Waals surface area contributed by atoms with Gasteiger partial charge in [-0.3, -0.25) is 0 Å². The fraction of sp³-hybridized carbons (Fsp3) is 1.00. The highest BCUT2D eigenvalue weighted by atomic mass is 35.5. The smallest absolute Gasteiger partial charge is 0.105 e. The van der Waals surface area contributed by atoms with Gasteiger partial charge in [-0.2, -0.15) is 0 Å². The van der Waals surface area contributed by atoms with E-state index >= 15 is 0 Å². The number of hydrogen-bond donors (Lipinski definition) is 0. The molecule has 2 radical (unpaired) electrons. The molecule has 0 aromatic rings. The highest BCUT2D eigenvalue weighted by molar-refractivity contribution is 7.59. The lowest BCUT2D eigenvalue weighted by Gasteiger charge is -1.72. The maximum atomic E-state index is 5.04. The van der Waals surface area contributed by atoms with Gasteiger partial charge in [-0.05, 0) is 6.92 Å². The standard InChI is InChI=1S/C2H4Cl2.S/c1-2(3)4;/h2H,1H3;. The van der Waals surface area contributed by atoms with Crippen LogP contribution in [0.2, 0.25) is 0 Å². The Labute approximate surface area is 48.9 Å². The average Bonchev–Trinajstić information content (AvgIpc) is 0.811. The van der Waals surface area contributed by atoms with E-state index < -0.39 is 0 Å². The van der Waals surface area contributed by atoms with E-state index in [0.29, 0.717) is 0 Å². The van der Waals surface area contributed by atoms with Crippen LogP contribution in [0.25, 0.3) is 0 Å². The van der Waals surface area contributed by atoms with E-state index in [2.05, 4.69) is 0 Å². The predicted molar refractivity (Wildman–Crippen MR) is 28.8 cm³/mol. The molecule has 0 heterocycles. The van der Waals surface area contributed by atoms with Crippen LogP contribution in [0.5, 0.6) is 0 Å². The van der Waals surface area contributed by atoms with Gasteiger partial charge in [0, 0.05) is 13.5 Å². The number of halogens is 2. The molecule has 32 valence electrons. The molecule has 0 aliphatic heterocycles. The molecule has 0 aromatic heterocycles. The van der Waals surface area contributed by atoms with Gasteiger partial charge in [-0.15, -0.1) is 23.2 Å². The summed E-state index contributed by atoms with van der Waals surface area (Å²) >= 11 is 10.1. The molecule has 0 aromatic carbocycles. The molecule has 0 bridgehead atoms. The topological polar surface area (TPSA) is 0 Å². The fourth-order valence-corrected chi connectivity index (χ4v) is 0. The zero-order valence-electron chi connectivity index (χ0n) is 2.74. The van der Waals surface area contributed by atoms with E-state index in [4.69, 9.17) is 23.2 Å². The van der Waals surface area contributed by atoms with Gasteiger partial charge < -0.3 is 0 Å². The van der Waals surface area contributed by atoms with Gasteiger partial charge in [0.1, 0.15) is 4.84 Å². The molecule has 0 spiro atoms. The van der Waals surface area contributed by atoms with Crippen LogP contribution in [0.3, 0.4) is 0 Å². The third-order valence-corrected chi connectivity index (χ3v) is 0. The van der Waals surface area contributed by atoms with E-state index in [-0.39, 0.29) is 18.3 Å². The summed E-state index contributed by atoms with van der Waals surface area (Å²) in [6, 6.07) is 0. The number of rotatable bonds is 0. The molecule has 0 unspecified atom stereocenters. The first-order chi connectivity index (χ1) is 1.73. The van der Waals surface area contributed by atoms with Gasteiger partial charge in [0.25, 0.3) is 0 Å². The molecule has 0 nitrogen and oxygen atoms in total. The maximum absolute atomic E-state index is 5.04. The first kappa shape index (κ1) is 9.33. The Bertz CT molecular complexity index is 12.4. The first-order valence-electron chi connectivity index (χ1n) is 1.01. The van der Waals surface area contributed by atoms with Gasteiger partial charge in [-0.25, -0.2) is 0 Å². The Balaban J connectivity index is 0. The van der Waals surface area contributed by atoms with E-state index in [1.165, 1.54) is 0 Å². The second-order valence-corrected chi connectivity index (χ2v) is 2.05. The molecule has 0 fully saturated rings. The second kappa shape index (κ2) is 4.93. The molecule has 0 aliphatic carbocycles. The molecular formula is C2H4Cl2S. The fourth-order valence-electron chi connectivity index (χ4n) is 0. The van der Waals surface area contributed by atoms with Crippen LogP contribution < -0.4 is 0 Å². The summed E-state index contributed by atoms with van der Waals surface area (Å²) < 4.78 is 0. The lowest BCUT2D eigenvalue weighted by atomic mass is 11.0. The minimum absolute atomic E-state index is 0. The quantitative estimate of drug-likeness (QED) is 0.443. The predicted octanol–water partition coefficient (Wildman–Crippen LogP) is 2.46. The molecular weight excluding hydrogens is 127 g/mol. The van der Waals surface area contributed by atoms with E-state index in [9.17, 15) is 0 Å². The third-order valence-electron chi connectivity index (χ3n) is 0. The summed E-state index contributed by atoms with van der Waals surface area (Å²) in [4.78, 5) is -0.222. The van der Waals surface area contributed by atoms with Crippen molar-refractivity contribution >= 4 is 36.7 Å². The third kappa shape index (κ3) is 48.9. The van der Waals surface area contributed by atoms with Crippen molar-refractivity contribution in [1.82, 2.24) is 0 Å². The van der Waals surface area contributed by atoms with Crippen molar-refractivity contribution in [2.24, 2.45) is 0 Å². The van der Waals surface area contributed by atoms with Crippen molar-refractivity contribution < 1.29 is 0 Å². The van der Waals surface area contributed by atoms with E-state index in [0.717, 1.165) is 0 Å². The molecule has 0 rings (SSSR count). The van der Waals surface area contributed by atoms with Crippen LogP contribution in [0.15, 0.2) is 0 Å². The highest BCUT2D eigenvalue weighted by Gasteiger charge is 1.75. The van der Waals surface area contributed by atoms with Crippen molar-refractivity contribution in [2.75, 3.05) is 0 Å². The largest absolute Gasteiger partial charge is 0.106 e. The van der Waals surface area contributed by atoms with E-state index in [1.54, 1.807) is 6.92 Å². The lowest BCUT2D eigenvalue weighted by molar-refractivity contribution is 1.39. The summed E-state index contributed by atoms with van der Waals surface area (Å²) in [6.45, 7) is 1.70. The number of alkyl halides is 2. The van der Waals surface area contributed by atoms with Crippen molar-refractivity contribution in [3.63, 3.8) is 0 Å². The SMILES string of the molecule is CC(Cl)Cl.[S]. The lowest BCUT2D eigenvalue weighted by Crippen LogP contribution is -1.63. The molecule has 0 saturated carbocycles. The molecule has 0 aliphatic rings. The Kier molecular flexibility index (Phi) is 9.20. The second-order valence-electron chi connectivity index (χ2n) is 0.519. The van der Waals surface area contributed by atoms with Gasteiger partial charge in [-0.1, -0.05) is 0 Å². The minimum atomic E-state index is -0.222. The van der Waals surface area contributed by atoms with Gasteiger partial charge in [0.2, 0.25) is 0 Å². The van der Waals surface area contributed by atoms with Crippen LogP contribution in [0.4, 0.5) is 0 Å². The summed E-state index contributed by atoms with van der Waals surface area (Å²) in [7, 11) is 0. The zero-order chi connectivity index (χ0) is 3.58. The van der Waals surface area contributed by atoms with Crippen LogP contribution in [-0.4, -0.2) is 4.84 Å². The molecule has 5 heavy (non-hydrogen) atoms. The van der Waals surface area contributed by atoms with Crippen molar-refractivity contribution in [1.29, 1.82) is 0 Å². The van der Waals surface area contributed by atoms with Gasteiger partial charge in [0.15, 0.2) is 0 Å². The Morgan fingerprint density at radius 1 is 1.40 bits per heavy atom. The van der Waals surface area contributed by atoms with E-state index in [1.807, 2.05) is 0 Å². The van der Waals surface area contributed by atoms with Crippen LogP contribution in [0.1, 0.15) is 6.92 Å². The molecule has 0 saturated heterocycles. The van der Waals surface area contributed by atoms with Gasteiger partial charge in [0.05, 0.1) is 0 Å². The van der Waals surface area contributed by atoms with Crippen molar-refractivity contribution in [3.8, 4) is 0 Å². The molecule has 0 atom stereocenters. The summed E-state index contributed by atoms with van der Waals surface area (Å²) in [6.07, 6.45) is 0. The Morgan fingerprint density at radius 3 is 1.40 bits per heavy atom. The first-order valence-corrected chi connectivity index (χ1v) is 1.89. The summed E-state index contributed by atoms with van der Waals surface area (Å²) in [5.41, 5.74) is 0. The van der Waals surface area contributed by atoms with Crippen molar-refractivity contribution in [3.05, 3.63) is 0 Å². The maximum Gasteiger partial charge on any atom is 0.105 e. The van der Waals surface area contributed by atoms with Crippen LogP contribution >= 0.6 is 36.7 Å². The van der Waals surface area contributed by atoms with Crippen molar-refractivity contribution in [2.45, 2.75) is 11.8 Å². The normalized spacial score (nSPS) is 7.20. The zero-order valence-corrected chi connectivity index (χ0v) is 5.07. The summed E-state index contributed by atoms with van der Waals surface area (Å²) in [5, 5.41) is 0. The molecule has 0 amide bonds. The Morgan fingerprint density at radius 2 is 1.40 bits per heavy atom. The monoisotopic (exact) mass is 130 g/mol. The van der Waals surface area contributed by atoms with Crippen LogP contribution in [0, 0.1) is 0 Å². The van der Waals surface area contributed by atoms with Gasteiger partial charge >= 0.3 is 0 Å². The number of hydrogen-bond acceptors (Lipinski definition) is 0. The highest BCUT2D eigenvalue weighted by Crippen LogP contribution is 1.95. The minimum Gasteiger partial charge on any atom is -0.106 e. The Hall–Kier alpha value is 0.930. The molecule has 3 heteroatoms. The summed E-state index contributed by atoms with van der Waals surface area (Å²) in [5.74, 6) is 0.